The van der Waals surface area contributed by atoms with E-state index in [2.05, 4.69) is 5.32 Å². The van der Waals surface area contributed by atoms with Crippen LogP contribution in [0.4, 0.5) is 0 Å². The average molecular weight is 198 g/mol. The van der Waals surface area contributed by atoms with Crippen molar-refractivity contribution in [2.75, 3.05) is 26.2 Å². The standard InChI is InChI=1S/C10H18N2O2/c1-7-6-12(3-2-9(7)13)10(14)8-4-11-5-8/h7-9,11,13H,2-6H2,1H3/t7-,9+/m1/s1. The summed E-state index contributed by atoms with van der Waals surface area (Å²) in [5.74, 6) is 0.681. The summed E-state index contributed by atoms with van der Waals surface area (Å²) in [6.07, 6.45) is 0.506. The minimum absolute atomic E-state index is 0.192. The van der Waals surface area contributed by atoms with Crippen molar-refractivity contribution in [1.29, 1.82) is 0 Å². The van der Waals surface area contributed by atoms with Gasteiger partial charge in [-0.15, -0.1) is 0 Å². The molecule has 2 N–H and O–H groups in total. The molecule has 0 aromatic rings. The van der Waals surface area contributed by atoms with E-state index in [1.807, 2.05) is 11.8 Å². The Morgan fingerprint density at radius 2 is 2.21 bits per heavy atom. The van der Waals surface area contributed by atoms with Crippen LogP contribution in [0.2, 0.25) is 0 Å². The summed E-state index contributed by atoms with van der Waals surface area (Å²) in [6, 6.07) is 0. The highest BCUT2D eigenvalue weighted by Gasteiger charge is 2.33. The fourth-order valence-electron chi connectivity index (χ4n) is 2.05. The van der Waals surface area contributed by atoms with Crippen molar-refractivity contribution < 1.29 is 9.90 Å². The number of nitrogens with zero attached hydrogens (tertiary/aromatic N) is 1. The topological polar surface area (TPSA) is 52.6 Å². The number of carbonyl (C=O) groups is 1. The van der Waals surface area contributed by atoms with E-state index in [0.717, 1.165) is 32.6 Å². The first kappa shape index (κ1) is 9.93. The van der Waals surface area contributed by atoms with E-state index < -0.39 is 0 Å². The molecule has 0 bridgehead atoms. The van der Waals surface area contributed by atoms with Gasteiger partial charge in [-0.05, 0) is 12.3 Å². The number of rotatable bonds is 1. The van der Waals surface area contributed by atoms with E-state index in [1.165, 1.54) is 0 Å². The summed E-state index contributed by atoms with van der Waals surface area (Å²) in [5, 5.41) is 12.6. The van der Waals surface area contributed by atoms with Crippen molar-refractivity contribution in [3.63, 3.8) is 0 Å². The van der Waals surface area contributed by atoms with Crippen molar-refractivity contribution >= 4 is 5.91 Å². The van der Waals surface area contributed by atoms with Gasteiger partial charge in [-0.3, -0.25) is 4.79 Å². The lowest BCUT2D eigenvalue weighted by Gasteiger charge is -2.38. The summed E-state index contributed by atoms with van der Waals surface area (Å²) >= 11 is 0. The Morgan fingerprint density at radius 1 is 1.50 bits per heavy atom. The van der Waals surface area contributed by atoms with Crippen molar-refractivity contribution in [3.8, 4) is 0 Å². The molecule has 0 saturated carbocycles. The van der Waals surface area contributed by atoms with Crippen LogP contribution >= 0.6 is 0 Å². The van der Waals surface area contributed by atoms with Crippen LogP contribution in [0.1, 0.15) is 13.3 Å². The molecule has 2 saturated heterocycles. The van der Waals surface area contributed by atoms with Crippen molar-refractivity contribution in [3.05, 3.63) is 0 Å². The molecule has 0 aromatic carbocycles. The highest BCUT2D eigenvalue weighted by atomic mass is 16.3. The van der Waals surface area contributed by atoms with Crippen molar-refractivity contribution in [2.24, 2.45) is 11.8 Å². The molecule has 2 rings (SSSR count). The van der Waals surface area contributed by atoms with Crippen LogP contribution in [0, 0.1) is 11.8 Å². The Bertz CT molecular complexity index is 228. The minimum Gasteiger partial charge on any atom is -0.393 e. The second-order valence-corrected chi connectivity index (χ2v) is 4.47. The second-order valence-electron chi connectivity index (χ2n) is 4.47. The highest BCUT2D eigenvalue weighted by Crippen LogP contribution is 2.19. The maximum absolute atomic E-state index is 11.8. The summed E-state index contributed by atoms with van der Waals surface area (Å²) in [6.45, 7) is 5.10. The van der Waals surface area contributed by atoms with Gasteiger partial charge in [0, 0.05) is 26.2 Å². The molecule has 2 aliphatic heterocycles. The quantitative estimate of drug-likeness (QED) is 0.593. The average Bonchev–Trinajstić information content (AvgIpc) is 2.06. The molecule has 1 amide bonds. The van der Waals surface area contributed by atoms with Crippen LogP contribution in [0.25, 0.3) is 0 Å². The van der Waals surface area contributed by atoms with E-state index in [4.69, 9.17) is 0 Å². The van der Waals surface area contributed by atoms with E-state index in [9.17, 15) is 9.90 Å². The summed E-state index contributed by atoms with van der Waals surface area (Å²) in [7, 11) is 0. The predicted molar refractivity (Wildman–Crippen MR) is 52.7 cm³/mol. The zero-order chi connectivity index (χ0) is 10.1. The summed E-state index contributed by atoms with van der Waals surface area (Å²) in [5.41, 5.74) is 0. The van der Waals surface area contributed by atoms with Gasteiger partial charge in [0.05, 0.1) is 12.0 Å². The largest absolute Gasteiger partial charge is 0.393 e. The number of hydrogen-bond donors (Lipinski definition) is 2. The normalized spacial score (nSPS) is 34.0. The zero-order valence-corrected chi connectivity index (χ0v) is 8.57. The molecule has 4 nitrogen and oxygen atoms in total. The Morgan fingerprint density at radius 3 is 2.71 bits per heavy atom. The smallest absolute Gasteiger partial charge is 0.228 e. The maximum atomic E-state index is 11.8. The van der Waals surface area contributed by atoms with Crippen LogP contribution < -0.4 is 5.32 Å². The first-order valence-corrected chi connectivity index (χ1v) is 5.36. The van der Waals surface area contributed by atoms with Gasteiger partial charge in [-0.25, -0.2) is 0 Å². The highest BCUT2D eigenvalue weighted by molar-refractivity contribution is 5.80. The van der Waals surface area contributed by atoms with Crippen LogP contribution in [-0.4, -0.2) is 48.2 Å². The zero-order valence-electron chi connectivity index (χ0n) is 8.57. The van der Waals surface area contributed by atoms with Crippen molar-refractivity contribution in [1.82, 2.24) is 10.2 Å². The van der Waals surface area contributed by atoms with Gasteiger partial charge >= 0.3 is 0 Å². The van der Waals surface area contributed by atoms with Crippen LogP contribution in [0.15, 0.2) is 0 Å². The van der Waals surface area contributed by atoms with Crippen molar-refractivity contribution in [2.45, 2.75) is 19.4 Å². The van der Waals surface area contributed by atoms with Crippen LogP contribution in [0.5, 0.6) is 0 Å². The van der Waals surface area contributed by atoms with Crippen LogP contribution in [0.3, 0.4) is 0 Å². The maximum Gasteiger partial charge on any atom is 0.228 e. The first-order valence-electron chi connectivity index (χ1n) is 5.36. The minimum atomic E-state index is -0.224. The summed E-state index contributed by atoms with van der Waals surface area (Å²) in [4.78, 5) is 13.7. The van der Waals surface area contributed by atoms with E-state index in [1.54, 1.807) is 0 Å². The molecule has 4 heteroatoms. The molecule has 0 radical (unpaired) electrons. The fourth-order valence-corrected chi connectivity index (χ4v) is 2.05. The molecule has 0 unspecified atom stereocenters. The van der Waals surface area contributed by atoms with Gasteiger partial charge in [0.1, 0.15) is 0 Å². The predicted octanol–water partition coefficient (Wildman–Crippen LogP) is -0.565. The lowest BCUT2D eigenvalue weighted by molar-refractivity contribution is -0.140. The second kappa shape index (κ2) is 3.87. The lowest BCUT2D eigenvalue weighted by Crippen LogP contribution is -2.55. The van der Waals surface area contributed by atoms with E-state index in [-0.39, 0.29) is 23.8 Å². The molecule has 2 heterocycles. The number of nitrogens with one attached hydrogen (secondary N) is 1. The van der Waals surface area contributed by atoms with Gasteiger partial charge in [-0.1, -0.05) is 6.92 Å². The molecule has 0 aliphatic carbocycles. The Balaban J connectivity index is 1.88. The monoisotopic (exact) mass is 198 g/mol. The third-order valence-electron chi connectivity index (χ3n) is 3.30. The first-order chi connectivity index (χ1) is 6.68. The lowest BCUT2D eigenvalue weighted by atomic mass is 9.94. The SMILES string of the molecule is C[C@@H]1CN(C(=O)C2CNC2)CC[C@@H]1O. The number of aliphatic hydroxyl groups is 1. The number of amides is 1. The fraction of sp³-hybridized carbons (Fsp3) is 0.900. The number of likely N-dealkylation sites (tertiary alicyclic amines) is 1. The number of hydrogen-bond acceptors (Lipinski definition) is 3. The summed E-state index contributed by atoms with van der Waals surface area (Å²) < 4.78 is 0. The van der Waals surface area contributed by atoms with E-state index in [0.29, 0.717) is 0 Å². The van der Waals surface area contributed by atoms with E-state index >= 15 is 0 Å². The van der Waals surface area contributed by atoms with Gasteiger partial charge < -0.3 is 15.3 Å². The Hall–Kier alpha value is -0.610. The molecular formula is C10H18N2O2. The number of carbonyl (C=O) groups excluding carboxylic acids is 1. The molecule has 2 atom stereocenters. The molecule has 0 aromatic heterocycles. The molecular weight excluding hydrogens is 180 g/mol. The molecule has 0 spiro atoms. The Labute approximate surface area is 84.3 Å². The van der Waals surface area contributed by atoms with Gasteiger partial charge in [0.2, 0.25) is 5.91 Å². The van der Waals surface area contributed by atoms with Gasteiger partial charge in [-0.2, -0.15) is 0 Å². The van der Waals surface area contributed by atoms with Gasteiger partial charge in [0.15, 0.2) is 0 Å². The number of piperidine rings is 1. The third-order valence-corrected chi connectivity index (χ3v) is 3.30. The van der Waals surface area contributed by atoms with Gasteiger partial charge in [0.25, 0.3) is 0 Å². The molecule has 80 valence electrons. The molecule has 2 fully saturated rings. The number of aliphatic hydroxyl groups excluding tert-OH is 1. The van der Waals surface area contributed by atoms with Crippen LogP contribution in [-0.2, 0) is 4.79 Å². The molecule has 2 aliphatic rings. The Kier molecular flexibility index (Phi) is 2.74. The molecule has 14 heavy (non-hydrogen) atoms. The third kappa shape index (κ3) is 1.77.